The van der Waals surface area contributed by atoms with E-state index < -0.39 is 51.7 Å². The maximum Gasteiger partial charge on any atom is 0.418 e. The van der Waals surface area contributed by atoms with Gasteiger partial charge in [-0.25, -0.2) is 0 Å². The summed E-state index contributed by atoms with van der Waals surface area (Å²) in [5.74, 6) is -1.83. The fraction of sp³-hybridized carbons (Fsp3) is 0.379. The standard InChI is InChI=1S/C29H28F6N2O3S/c30-28(31,32)25-18(10-14-24(38)37-15-2-1-3-16-37)9-13-23(26(25)29(33,34)35)41-22-6-4-5-21(17-22)36-20-11-7-19(8-12-20)27(39)40/h1-2,4-6,9-10,13-14,17,19-20,36H,3,7-8,11-12,15-16H2,(H,39,40)/b14-10+/t19-,20+. The molecule has 4 rings (SSSR count). The molecule has 0 atom stereocenters. The summed E-state index contributed by atoms with van der Waals surface area (Å²) < 4.78 is 85.1. The van der Waals surface area contributed by atoms with E-state index in [1.54, 1.807) is 24.3 Å². The van der Waals surface area contributed by atoms with Crippen LogP contribution in [0.25, 0.3) is 6.08 Å². The number of carbonyl (C=O) groups excluding carboxylic acids is 1. The van der Waals surface area contributed by atoms with Crippen LogP contribution in [0, 0.1) is 5.92 Å². The molecule has 2 aromatic carbocycles. The second-order valence-corrected chi connectivity index (χ2v) is 11.1. The molecule has 41 heavy (non-hydrogen) atoms. The van der Waals surface area contributed by atoms with E-state index in [2.05, 4.69) is 5.32 Å². The molecule has 12 heteroatoms. The van der Waals surface area contributed by atoms with E-state index in [0.717, 1.165) is 24.3 Å². The van der Waals surface area contributed by atoms with Crippen LogP contribution in [0.2, 0.25) is 0 Å². The first kappa shape index (κ1) is 30.5. The molecule has 2 N–H and O–H groups in total. The number of rotatable bonds is 7. The van der Waals surface area contributed by atoms with Gasteiger partial charge in [0, 0.05) is 40.7 Å². The Bertz CT molecular complexity index is 1330. The zero-order chi connectivity index (χ0) is 29.8. The van der Waals surface area contributed by atoms with Gasteiger partial charge in [0.05, 0.1) is 17.0 Å². The average molecular weight is 599 g/mol. The molecule has 1 heterocycles. The van der Waals surface area contributed by atoms with Crippen molar-refractivity contribution < 1.29 is 41.0 Å². The molecule has 1 aliphatic heterocycles. The number of nitrogens with zero attached hydrogens (tertiary/aromatic N) is 1. The Kier molecular flexibility index (Phi) is 9.41. The summed E-state index contributed by atoms with van der Waals surface area (Å²) in [7, 11) is 0. The van der Waals surface area contributed by atoms with Gasteiger partial charge in [0.1, 0.15) is 0 Å². The lowest BCUT2D eigenvalue weighted by Gasteiger charge is -2.27. The van der Waals surface area contributed by atoms with Gasteiger partial charge in [-0.1, -0.05) is 36.0 Å². The molecule has 0 saturated heterocycles. The lowest BCUT2D eigenvalue weighted by Crippen LogP contribution is -2.32. The largest absolute Gasteiger partial charge is 0.481 e. The minimum Gasteiger partial charge on any atom is -0.481 e. The highest BCUT2D eigenvalue weighted by Gasteiger charge is 2.46. The van der Waals surface area contributed by atoms with Crippen molar-refractivity contribution >= 4 is 35.4 Å². The molecule has 1 aliphatic carbocycles. The third-order valence-corrected chi connectivity index (χ3v) is 8.10. The molecular weight excluding hydrogens is 570 g/mol. The first-order valence-corrected chi connectivity index (χ1v) is 13.8. The molecule has 2 aromatic rings. The maximum absolute atomic E-state index is 14.2. The van der Waals surface area contributed by atoms with Gasteiger partial charge < -0.3 is 15.3 Å². The smallest absolute Gasteiger partial charge is 0.418 e. The molecule has 0 radical (unpaired) electrons. The Morgan fingerprint density at radius 3 is 2.27 bits per heavy atom. The first-order chi connectivity index (χ1) is 19.3. The average Bonchev–Trinajstić information content (AvgIpc) is 2.91. The van der Waals surface area contributed by atoms with Crippen LogP contribution in [0.3, 0.4) is 0 Å². The maximum atomic E-state index is 14.2. The number of hydrogen-bond donors (Lipinski definition) is 2. The number of anilines is 1. The Morgan fingerprint density at radius 2 is 1.66 bits per heavy atom. The zero-order valence-electron chi connectivity index (χ0n) is 21.8. The highest BCUT2D eigenvalue weighted by Crippen LogP contribution is 2.48. The number of amides is 1. The van der Waals surface area contributed by atoms with E-state index in [9.17, 15) is 35.9 Å². The van der Waals surface area contributed by atoms with Gasteiger partial charge in [0.25, 0.3) is 0 Å². The summed E-state index contributed by atoms with van der Waals surface area (Å²) in [4.78, 5) is 24.7. The monoisotopic (exact) mass is 598 g/mol. The van der Waals surface area contributed by atoms with E-state index in [1.165, 1.54) is 11.0 Å². The predicted molar refractivity (Wildman–Crippen MR) is 143 cm³/mol. The second kappa shape index (κ2) is 12.6. The minimum atomic E-state index is -5.34. The molecule has 1 amide bonds. The molecule has 0 spiro atoms. The molecule has 0 aromatic heterocycles. The van der Waals surface area contributed by atoms with Gasteiger partial charge in [0.15, 0.2) is 0 Å². The van der Waals surface area contributed by atoms with Crippen molar-refractivity contribution in [2.75, 3.05) is 18.4 Å². The van der Waals surface area contributed by atoms with E-state index in [0.29, 0.717) is 61.0 Å². The summed E-state index contributed by atoms with van der Waals surface area (Å²) in [5.41, 5.74) is -3.83. The number of alkyl halides is 6. The normalized spacial score (nSPS) is 19.9. The van der Waals surface area contributed by atoms with Gasteiger partial charge in [-0.15, -0.1) is 0 Å². The molecule has 0 bridgehead atoms. The molecule has 0 unspecified atom stereocenters. The van der Waals surface area contributed by atoms with E-state index in [-0.39, 0.29) is 12.6 Å². The number of aliphatic carboxylic acids is 1. The van der Waals surface area contributed by atoms with Crippen LogP contribution in [-0.4, -0.2) is 41.0 Å². The first-order valence-electron chi connectivity index (χ1n) is 13.0. The summed E-state index contributed by atoms with van der Waals surface area (Å²) >= 11 is 0.563. The number of nitrogens with one attached hydrogen (secondary N) is 1. The number of halogens is 6. The zero-order valence-corrected chi connectivity index (χ0v) is 22.6. The number of carbonyl (C=O) groups is 2. The van der Waals surface area contributed by atoms with Crippen molar-refractivity contribution in [2.45, 2.75) is 60.3 Å². The molecule has 1 fully saturated rings. The van der Waals surface area contributed by atoms with Gasteiger partial charge in [0.2, 0.25) is 5.91 Å². The second-order valence-electron chi connectivity index (χ2n) is 9.94. The molecule has 2 aliphatic rings. The van der Waals surface area contributed by atoms with Gasteiger partial charge in [-0.05, 0) is 68.0 Å². The highest BCUT2D eigenvalue weighted by molar-refractivity contribution is 7.99. The van der Waals surface area contributed by atoms with E-state index in [4.69, 9.17) is 5.11 Å². The Morgan fingerprint density at radius 1 is 0.951 bits per heavy atom. The number of benzene rings is 2. The van der Waals surface area contributed by atoms with E-state index in [1.807, 2.05) is 6.08 Å². The van der Waals surface area contributed by atoms with Crippen molar-refractivity contribution in [3.8, 4) is 0 Å². The highest BCUT2D eigenvalue weighted by atomic mass is 32.2. The van der Waals surface area contributed by atoms with Crippen molar-refractivity contribution in [3.63, 3.8) is 0 Å². The number of hydrogen-bond acceptors (Lipinski definition) is 4. The summed E-state index contributed by atoms with van der Waals surface area (Å²) in [6.07, 6.45) is -2.62. The van der Waals surface area contributed by atoms with E-state index >= 15 is 0 Å². The number of carboxylic acids is 1. The fourth-order valence-corrected chi connectivity index (χ4v) is 6.06. The molecular formula is C29H28F6N2O3S. The Labute approximate surface area is 237 Å². The summed E-state index contributed by atoms with van der Waals surface area (Å²) in [6, 6.07) is 8.26. The van der Waals surface area contributed by atoms with Crippen LogP contribution in [0.4, 0.5) is 32.0 Å². The Hall–Kier alpha value is -3.41. The summed E-state index contributed by atoms with van der Waals surface area (Å²) in [6.45, 7) is 0.642. The van der Waals surface area contributed by atoms with Crippen LogP contribution >= 0.6 is 11.8 Å². The Balaban J connectivity index is 1.61. The van der Waals surface area contributed by atoms with Crippen molar-refractivity contribution in [2.24, 2.45) is 5.92 Å². The molecule has 1 saturated carbocycles. The molecule has 5 nitrogen and oxygen atoms in total. The lowest BCUT2D eigenvalue weighted by atomic mass is 9.86. The topological polar surface area (TPSA) is 69.6 Å². The van der Waals surface area contributed by atoms with Crippen LogP contribution in [0.1, 0.15) is 48.8 Å². The quantitative estimate of drug-likeness (QED) is 0.194. The van der Waals surface area contributed by atoms with Crippen LogP contribution in [-0.2, 0) is 21.9 Å². The number of carboxylic acid groups (broad SMARTS) is 1. The van der Waals surface area contributed by atoms with Gasteiger partial charge >= 0.3 is 18.3 Å². The SMILES string of the molecule is O=C(/C=C/c1ccc(Sc2cccc(N[C@H]3CC[C@@H](C(=O)O)CC3)c2)c(C(F)(F)F)c1C(F)(F)F)N1CC=CCC1. The minimum absolute atomic E-state index is 0.0249. The third kappa shape index (κ3) is 7.87. The van der Waals surface area contributed by atoms with Crippen molar-refractivity contribution in [1.29, 1.82) is 0 Å². The molecule has 220 valence electrons. The third-order valence-electron chi connectivity index (χ3n) is 7.05. The van der Waals surface area contributed by atoms with Crippen LogP contribution < -0.4 is 5.32 Å². The van der Waals surface area contributed by atoms with Gasteiger partial charge in [-0.3, -0.25) is 9.59 Å². The van der Waals surface area contributed by atoms with Crippen LogP contribution in [0.5, 0.6) is 0 Å². The van der Waals surface area contributed by atoms with Crippen molar-refractivity contribution in [1.82, 2.24) is 4.90 Å². The predicted octanol–water partition coefficient (Wildman–Crippen LogP) is 7.73. The fourth-order valence-electron chi connectivity index (χ4n) is 5.02. The van der Waals surface area contributed by atoms with Crippen molar-refractivity contribution in [3.05, 3.63) is 71.3 Å². The van der Waals surface area contributed by atoms with Gasteiger partial charge in [-0.2, -0.15) is 26.3 Å². The van der Waals surface area contributed by atoms with Crippen LogP contribution in [0.15, 0.2) is 64.4 Å². The summed E-state index contributed by atoms with van der Waals surface area (Å²) in [5, 5.41) is 12.4. The lowest BCUT2D eigenvalue weighted by molar-refractivity contribution is -0.163.